The second-order valence-electron chi connectivity index (χ2n) is 2.83. The van der Waals surface area contributed by atoms with Gasteiger partial charge in [0.25, 0.3) is 0 Å². The molecule has 1 aromatic rings. The van der Waals surface area contributed by atoms with E-state index in [-0.39, 0.29) is 6.61 Å². The minimum atomic E-state index is -0.496. The van der Waals surface area contributed by atoms with Crippen molar-refractivity contribution in [3.8, 4) is 5.75 Å². The van der Waals surface area contributed by atoms with E-state index in [0.29, 0.717) is 11.4 Å². The summed E-state index contributed by atoms with van der Waals surface area (Å²) in [5, 5.41) is 0. The minimum Gasteiger partial charge on any atom is -0.490 e. The summed E-state index contributed by atoms with van der Waals surface area (Å²) >= 11 is 0. The van der Waals surface area contributed by atoms with Crippen LogP contribution in [0.15, 0.2) is 24.3 Å². The lowest BCUT2D eigenvalue weighted by Crippen LogP contribution is -2.00. The van der Waals surface area contributed by atoms with Crippen molar-refractivity contribution in [1.29, 1.82) is 0 Å². The van der Waals surface area contributed by atoms with Gasteiger partial charge in [0.15, 0.2) is 0 Å². The van der Waals surface area contributed by atoms with Crippen molar-refractivity contribution >= 4 is 11.8 Å². The number of hydrogen-bond donors (Lipinski definition) is 1. The fourth-order valence-electron chi connectivity index (χ4n) is 1.14. The highest BCUT2D eigenvalue weighted by atomic mass is 19.1. The summed E-state index contributed by atoms with van der Waals surface area (Å²) in [5.41, 5.74) is 7.13. The molecule has 0 saturated carbocycles. The number of nitrogens with two attached hydrogens (primary N) is 1. The van der Waals surface area contributed by atoms with Gasteiger partial charge in [0, 0.05) is 17.3 Å². The van der Waals surface area contributed by atoms with Gasteiger partial charge in [-0.2, -0.15) is 0 Å². The van der Waals surface area contributed by atoms with E-state index in [9.17, 15) is 4.39 Å². The molecule has 1 aromatic carbocycles. The molecule has 0 amide bonds. The van der Waals surface area contributed by atoms with E-state index in [4.69, 9.17) is 10.5 Å². The zero-order valence-electron chi connectivity index (χ0n) is 8.16. The molecular weight excluding hydrogens is 181 g/mol. The molecule has 2 N–H and O–H groups in total. The zero-order chi connectivity index (χ0) is 10.4. The number of halogens is 1. The quantitative estimate of drug-likeness (QED) is 0.749. The molecule has 0 unspecified atom stereocenters. The molecule has 0 aliphatic carbocycles. The average molecular weight is 195 g/mol. The molecule has 1 rings (SSSR count). The van der Waals surface area contributed by atoms with Gasteiger partial charge in [-0.1, -0.05) is 12.2 Å². The van der Waals surface area contributed by atoms with Crippen molar-refractivity contribution < 1.29 is 9.13 Å². The van der Waals surface area contributed by atoms with Crippen molar-refractivity contribution in [2.24, 2.45) is 0 Å². The number of benzene rings is 1. The molecule has 0 aliphatic rings. The number of alkyl halides is 1. The van der Waals surface area contributed by atoms with Crippen LogP contribution >= 0.6 is 0 Å². The Bertz CT molecular complexity index is 323. The van der Waals surface area contributed by atoms with E-state index in [1.165, 1.54) is 0 Å². The summed E-state index contributed by atoms with van der Waals surface area (Å²) in [6.07, 6.45) is 3.79. The number of hydrogen-bond acceptors (Lipinski definition) is 2. The second kappa shape index (κ2) is 5.27. The van der Waals surface area contributed by atoms with Crippen LogP contribution in [0.3, 0.4) is 0 Å². The van der Waals surface area contributed by atoms with Crippen LogP contribution in [-0.4, -0.2) is 13.3 Å². The highest BCUT2D eigenvalue weighted by Crippen LogP contribution is 2.23. The summed E-state index contributed by atoms with van der Waals surface area (Å²) in [7, 11) is 0. The van der Waals surface area contributed by atoms with E-state index in [1.807, 2.05) is 25.1 Å². The van der Waals surface area contributed by atoms with Crippen LogP contribution in [0.4, 0.5) is 10.1 Å². The summed E-state index contributed by atoms with van der Waals surface area (Å²) in [6.45, 7) is 1.48. The SMILES string of the molecule is CC=Cc1ccc(N)cc1OCCF. The molecular formula is C11H14FNO. The summed E-state index contributed by atoms with van der Waals surface area (Å²) in [4.78, 5) is 0. The summed E-state index contributed by atoms with van der Waals surface area (Å²) < 4.78 is 17.1. The molecule has 0 heterocycles. The van der Waals surface area contributed by atoms with Crippen LogP contribution in [0.2, 0.25) is 0 Å². The Morgan fingerprint density at radius 2 is 2.29 bits per heavy atom. The maximum Gasteiger partial charge on any atom is 0.128 e. The summed E-state index contributed by atoms with van der Waals surface area (Å²) in [5.74, 6) is 0.626. The van der Waals surface area contributed by atoms with Crippen molar-refractivity contribution in [1.82, 2.24) is 0 Å². The number of nitrogen functional groups attached to an aromatic ring is 1. The zero-order valence-corrected chi connectivity index (χ0v) is 8.16. The van der Waals surface area contributed by atoms with Crippen molar-refractivity contribution in [2.75, 3.05) is 19.0 Å². The smallest absolute Gasteiger partial charge is 0.128 e. The molecule has 0 aliphatic heterocycles. The monoisotopic (exact) mass is 195 g/mol. The van der Waals surface area contributed by atoms with Gasteiger partial charge in [-0.15, -0.1) is 0 Å². The normalized spacial score (nSPS) is 10.7. The van der Waals surface area contributed by atoms with Gasteiger partial charge in [0.2, 0.25) is 0 Å². The van der Waals surface area contributed by atoms with E-state index in [0.717, 1.165) is 5.56 Å². The lowest BCUT2D eigenvalue weighted by atomic mass is 10.1. The van der Waals surface area contributed by atoms with Gasteiger partial charge < -0.3 is 10.5 Å². The molecule has 0 spiro atoms. The van der Waals surface area contributed by atoms with Gasteiger partial charge in [0.05, 0.1) is 0 Å². The highest BCUT2D eigenvalue weighted by Gasteiger charge is 2.00. The highest BCUT2D eigenvalue weighted by molar-refractivity contribution is 5.61. The molecule has 0 bridgehead atoms. The topological polar surface area (TPSA) is 35.2 Å². The Labute approximate surface area is 83.2 Å². The predicted molar refractivity (Wildman–Crippen MR) is 57.0 cm³/mol. The number of anilines is 1. The average Bonchev–Trinajstić information content (AvgIpc) is 2.18. The third kappa shape index (κ3) is 2.76. The van der Waals surface area contributed by atoms with Gasteiger partial charge >= 0.3 is 0 Å². The minimum absolute atomic E-state index is 0.0635. The van der Waals surface area contributed by atoms with Gasteiger partial charge in [-0.25, -0.2) is 4.39 Å². The Morgan fingerprint density at radius 1 is 1.50 bits per heavy atom. The Hall–Kier alpha value is -1.51. The van der Waals surface area contributed by atoms with Gasteiger partial charge in [-0.05, 0) is 19.1 Å². The third-order valence-electron chi connectivity index (χ3n) is 1.72. The van der Waals surface area contributed by atoms with Crippen molar-refractivity contribution in [3.63, 3.8) is 0 Å². The van der Waals surface area contributed by atoms with E-state index < -0.39 is 6.67 Å². The lowest BCUT2D eigenvalue weighted by Gasteiger charge is -2.08. The Morgan fingerprint density at radius 3 is 2.93 bits per heavy atom. The van der Waals surface area contributed by atoms with Crippen LogP contribution in [-0.2, 0) is 0 Å². The Balaban J connectivity index is 2.90. The maximum atomic E-state index is 11.9. The molecule has 0 radical (unpaired) electrons. The van der Waals surface area contributed by atoms with Crippen molar-refractivity contribution in [3.05, 3.63) is 29.8 Å². The van der Waals surface area contributed by atoms with Crippen LogP contribution in [0.5, 0.6) is 5.75 Å². The third-order valence-corrected chi connectivity index (χ3v) is 1.72. The predicted octanol–water partition coefficient (Wildman–Crippen LogP) is 2.65. The number of ether oxygens (including phenoxy) is 1. The molecule has 76 valence electrons. The number of rotatable bonds is 4. The molecule has 14 heavy (non-hydrogen) atoms. The van der Waals surface area contributed by atoms with E-state index >= 15 is 0 Å². The Kier molecular flexibility index (Phi) is 3.98. The molecule has 0 fully saturated rings. The standard InChI is InChI=1S/C11H14FNO/c1-2-3-9-4-5-10(13)8-11(9)14-7-6-12/h2-5,8H,6-7,13H2,1H3. The van der Waals surface area contributed by atoms with Crippen LogP contribution in [0.25, 0.3) is 6.08 Å². The molecule has 3 heteroatoms. The lowest BCUT2D eigenvalue weighted by molar-refractivity contribution is 0.273. The first kappa shape index (κ1) is 10.6. The van der Waals surface area contributed by atoms with E-state index in [2.05, 4.69) is 0 Å². The van der Waals surface area contributed by atoms with Crippen LogP contribution in [0, 0.1) is 0 Å². The number of allylic oxidation sites excluding steroid dienone is 1. The fourth-order valence-corrected chi connectivity index (χ4v) is 1.14. The first-order valence-corrected chi connectivity index (χ1v) is 4.49. The van der Waals surface area contributed by atoms with E-state index in [1.54, 1.807) is 12.1 Å². The van der Waals surface area contributed by atoms with Gasteiger partial charge in [0.1, 0.15) is 19.0 Å². The van der Waals surface area contributed by atoms with Crippen LogP contribution in [0.1, 0.15) is 12.5 Å². The first-order chi connectivity index (χ1) is 6.77. The summed E-state index contributed by atoms with van der Waals surface area (Å²) in [6, 6.07) is 5.34. The molecule has 0 atom stereocenters. The first-order valence-electron chi connectivity index (χ1n) is 4.49. The maximum absolute atomic E-state index is 11.9. The fraction of sp³-hybridized carbons (Fsp3) is 0.273. The second-order valence-corrected chi connectivity index (χ2v) is 2.83. The molecule has 0 saturated heterocycles. The van der Waals surface area contributed by atoms with Crippen molar-refractivity contribution in [2.45, 2.75) is 6.92 Å². The van der Waals surface area contributed by atoms with Crippen LogP contribution < -0.4 is 10.5 Å². The van der Waals surface area contributed by atoms with Gasteiger partial charge in [-0.3, -0.25) is 0 Å². The molecule has 0 aromatic heterocycles. The largest absolute Gasteiger partial charge is 0.490 e. The molecule has 2 nitrogen and oxygen atoms in total.